The second-order valence-electron chi connectivity index (χ2n) is 6.38. The number of halogens is 3. The standard InChI is InChI=1S/C19H13F3N4O4S/c20-19(21,22)10-4-2-1-3-9(10)7-30-17-15(16(23)29)31-18(25-17)26-8-24-11-5-13(27)14(28)6-12(11)26/h1-6,8,27-28H,7H2,(H2,23,29). The number of amides is 1. The zero-order chi connectivity index (χ0) is 22.3. The molecule has 0 aliphatic carbocycles. The van der Waals surface area contributed by atoms with Gasteiger partial charge < -0.3 is 20.7 Å². The van der Waals surface area contributed by atoms with Gasteiger partial charge in [-0.15, -0.1) is 0 Å². The van der Waals surface area contributed by atoms with E-state index >= 15 is 0 Å². The van der Waals surface area contributed by atoms with Gasteiger partial charge in [0.25, 0.3) is 5.91 Å². The van der Waals surface area contributed by atoms with Gasteiger partial charge in [0.15, 0.2) is 21.5 Å². The zero-order valence-electron chi connectivity index (χ0n) is 15.4. The first kappa shape index (κ1) is 20.5. The highest BCUT2D eigenvalue weighted by Gasteiger charge is 2.33. The SMILES string of the molecule is NC(=O)c1sc(-n2cnc3cc(O)c(O)cc32)nc1OCc1ccccc1C(F)(F)F. The molecule has 0 radical (unpaired) electrons. The van der Waals surface area contributed by atoms with Gasteiger partial charge in [-0.05, 0) is 6.07 Å². The summed E-state index contributed by atoms with van der Waals surface area (Å²) in [6.07, 6.45) is -3.22. The second kappa shape index (κ2) is 7.47. The number of carbonyl (C=O) groups is 1. The van der Waals surface area contributed by atoms with E-state index in [2.05, 4.69) is 9.97 Å². The fourth-order valence-electron chi connectivity index (χ4n) is 2.91. The summed E-state index contributed by atoms with van der Waals surface area (Å²) in [5, 5.41) is 19.5. The third-order valence-electron chi connectivity index (χ3n) is 4.35. The van der Waals surface area contributed by atoms with Gasteiger partial charge in [0.1, 0.15) is 12.9 Å². The maximum absolute atomic E-state index is 13.2. The van der Waals surface area contributed by atoms with Crippen molar-refractivity contribution >= 4 is 28.3 Å². The van der Waals surface area contributed by atoms with E-state index in [4.69, 9.17) is 10.5 Å². The molecule has 4 N–H and O–H groups in total. The average Bonchev–Trinajstić information content (AvgIpc) is 3.30. The number of imidazole rings is 1. The van der Waals surface area contributed by atoms with Crippen molar-refractivity contribution in [2.24, 2.45) is 5.73 Å². The quantitative estimate of drug-likeness (QED) is 0.399. The number of ether oxygens (including phenoxy) is 1. The first-order valence-corrected chi connectivity index (χ1v) is 9.44. The predicted octanol–water partition coefficient (Wildman–Crippen LogP) is 3.59. The van der Waals surface area contributed by atoms with Crippen LogP contribution in [0.1, 0.15) is 20.8 Å². The van der Waals surface area contributed by atoms with Crippen LogP contribution in [-0.4, -0.2) is 30.7 Å². The molecule has 4 rings (SSSR count). The number of primary amides is 1. The second-order valence-corrected chi connectivity index (χ2v) is 7.36. The molecular weight excluding hydrogens is 437 g/mol. The Kier molecular flexibility index (Phi) is 4.93. The van der Waals surface area contributed by atoms with Crippen LogP contribution in [0, 0.1) is 0 Å². The summed E-state index contributed by atoms with van der Waals surface area (Å²) < 4.78 is 46.4. The number of hydrogen-bond acceptors (Lipinski definition) is 7. The number of alkyl halides is 3. The minimum Gasteiger partial charge on any atom is -0.504 e. The van der Waals surface area contributed by atoms with E-state index in [1.165, 1.54) is 41.2 Å². The Morgan fingerprint density at radius 3 is 2.61 bits per heavy atom. The van der Waals surface area contributed by atoms with Gasteiger partial charge in [-0.3, -0.25) is 9.36 Å². The normalized spacial score (nSPS) is 11.7. The third kappa shape index (κ3) is 3.84. The number of phenols is 2. The van der Waals surface area contributed by atoms with Crippen molar-refractivity contribution in [3.8, 4) is 22.5 Å². The molecule has 0 atom stereocenters. The smallest absolute Gasteiger partial charge is 0.416 e. The monoisotopic (exact) mass is 450 g/mol. The molecule has 8 nitrogen and oxygen atoms in total. The van der Waals surface area contributed by atoms with Crippen molar-refractivity contribution in [3.05, 3.63) is 58.7 Å². The lowest BCUT2D eigenvalue weighted by atomic mass is 10.1. The summed E-state index contributed by atoms with van der Waals surface area (Å²) in [5.41, 5.74) is 5.10. The molecule has 4 aromatic rings. The van der Waals surface area contributed by atoms with Crippen molar-refractivity contribution < 1.29 is 32.9 Å². The highest BCUT2D eigenvalue weighted by molar-refractivity contribution is 7.16. The van der Waals surface area contributed by atoms with Gasteiger partial charge in [-0.1, -0.05) is 29.5 Å². The highest BCUT2D eigenvalue weighted by atomic mass is 32.1. The number of hydrogen-bond donors (Lipinski definition) is 3. The Morgan fingerprint density at radius 2 is 1.90 bits per heavy atom. The Hall–Kier alpha value is -3.80. The predicted molar refractivity (Wildman–Crippen MR) is 104 cm³/mol. The molecule has 0 saturated carbocycles. The van der Waals surface area contributed by atoms with Crippen LogP contribution in [0.2, 0.25) is 0 Å². The van der Waals surface area contributed by atoms with Gasteiger partial charge in [0.2, 0.25) is 5.88 Å². The minimum absolute atomic E-state index is 0.0932. The summed E-state index contributed by atoms with van der Waals surface area (Å²) in [6, 6.07) is 7.39. The minimum atomic E-state index is -4.57. The van der Waals surface area contributed by atoms with Crippen molar-refractivity contribution in [1.82, 2.24) is 14.5 Å². The number of aromatic nitrogens is 3. The van der Waals surface area contributed by atoms with Gasteiger partial charge in [0, 0.05) is 17.7 Å². The Bertz CT molecular complexity index is 1300. The lowest BCUT2D eigenvalue weighted by Crippen LogP contribution is -2.13. The van der Waals surface area contributed by atoms with E-state index < -0.39 is 24.3 Å². The van der Waals surface area contributed by atoms with Crippen molar-refractivity contribution in [2.45, 2.75) is 12.8 Å². The molecule has 2 heterocycles. The van der Waals surface area contributed by atoms with Crippen molar-refractivity contribution in [2.75, 3.05) is 0 Å². The van der Waals surface area contributed by atoms with E-state index in [-0.39, 0.29) is 33.0 Å². The Morgan fingerprint density at radius 1 is 1.19 bits per heavy atom. The van der Waals surface area contributed by atoms with Gasteiger partial charge in [-0.25, -0.2) is 4.98 Å². The Balaban J connectivity index is 1.70. The molecule has 12 heteroatoms. The summed E-state index contributed by atoms with van der Waals surface area (Å²) in [7, 11) is 0. The maximum Gasteiger partial charge on any atom is 0.416 e. The number of rotatable bonds is 5. The third-order valence-corrected chi connectivity index (χ3v) is 5.40. The van der Waals surface area contributed by atoms with Crippen LogP contribution in [0.5, 0.6) is 17.4 Å². The molecule has 160 valence electrons. The molecule has 0 fully saturated rings. The van der Waals surface area contributed by atoms with Gasteiger partial charge in [-0.2, -0.15) is 18.2 Å². The number of carbonyl (C=O) groups excluding carboxylic acids is 1. The van der Waals surface area contributed by atoms with Crippen LogP contribution in [0.25, 0.3) is 16.2 Å². The molecule has 0 unspecified atom stereocenters. The van der Waals surface area contributed by atoms with Gasteiger partial charge in [0.05, 0.1) is 16.6 Å². The largest absolute Gasteiger partial charge is 0.504 e. The van der Waals surface area contributed by atoms with Crippen LogP contribution in [0.3, 0.4) is 0 Å². The van der Waals surface area contributed by atoms with E-state index in [1.54, 1.807) is 0 Å². The molecule has 2 aromatic heterocycles. The fraction of sp³-hybridized carbons (Fsp3) is 0.105. The number of nitrogens with zero attached hydrogens (tertiary/aromatic N) is 3. The average molecular weight is 450 g/mol. The van der Waals surface area contributed by atoms with E-state index in [0.29, 0.717) is 11.0 Å². The molecule has 2 aromatic carbocycles. The fourth-order valence-corrected chi connectivity index (χ4v) is 3.75. The molecule has 0 saturated heterocycles. The van der Waals surface area contributed by atoms with Crippen molar-refractivity contribution in [1.29, 1.82) is 0 Å². The molecular formula is C19H13F3N4O4S. The molecule has 1 amide bonds. The van der Waals surface area contributed by atoms with Crippen LogP contribution < -0.4 is 10.5 Å². The van der Waals surface area contributed by atoms with Crippen LogP contribution in [0.15, 0.2) is 42.7 Å². The van der Waals surface area contributed by atoms with Crippen LogP contribution >= 0.6 is 11.3 Å². The first-order valence-electron chi connectivity index (χ1n) is 8.63. The van der Waals surface area contributed by atoms with E-state index in [0.717, 1.165) is 17.4 Å². The van der Waals surface area contributed by atoms with Crippen LogP contribution in [-0.2, 0) is 12.8 Å². The van der Waals surface area contributed by atoms with Crippen LogP contribution in [0.4, 0.5) is 13.2 Å². The van der Waals surface area contributed by atoms with Gasteiger partial charge >= 0.3 is 6.18 Å². The number of nitrogens with two attached hydrogens (primary N) is 1. The first-order chi connectivity index (χ1) is 14.6. The lowest BCUT2D eigenvalue weighted by Gasteiger charge is -2.12. The number of aromatic hydroxyl groups is 2. The summed E-state index contributed by atoms with van der Waals surface area (Å²) in [4.78, 5) is 20.0. The number of fused-ring (bicyclic) bond motifs is 1. The number of thiazole rings is 1. The Labute approximate surface area is 176 Å². The molecule has 0 bridgehead atoms. The zero-order valence-corrected chi connectivity index (χ0v) is 16.2. The van der Waals surface area contributed by atoms with Crippen molar-refractivity contribution in [3.63, 3.8) is 0 Å². The highest BCUT2D eigenvalue weighted by Crippen LogP contribution is 2.35. The van der Waals surface area contributed by atoms with E-state index in [1.807, 2.05) is 0 Å². The van der Waals surface area contributed by atoms with E-state index in [9.17, 15) is 28.2 Å². The molecule has 0 spiro atoms. The molecule has 0 aliphatic heterocycles. The summed E-state index contributed by atoms with van der Waals surface area (Å²) in [6.45, 7) is -0.488. The number of phenolic OH excluding ortho intramolecular Hbond substituents is 2. The summed E-state index contributed by atoms with van der Waals surface area (Å²) in [5.74, 6) is -1.84. The molecule has 31 heavy (non-hydrogen) atoms. The number of benzene rings is 2. The lowest BCUT2D eigenvalue weighted by molar-refractivity contribution is -0.138. The topological polar surface area (TPSA) is 123 Å². The molecule has 0 aliphatic rings. The summed E-state index contributed by atoms with van der Waals surface area (Å²) >= 11 is 0.841. The maximum atomic E-state index is 13.2.